The van der Waals surface area contributed by atoms with Crippen molar-refractivity contribution >= 4 is 11.9 Å². The van der Waals surface area contributed by atoms with Gasteiger partial charge in [-0.3, -0.25) is 4.79 Å². The summed E-state index contributed by atoms with van der Waals surface area (Å²) < 4.78 is 9.49. The summed E-state index contributed by atoms with van der Waals surface area (Å²) in [6.45, 7) is 3.00. The van der Waals surface area contributed by atoms with Gasteiger partial charge in [0, 0.05) is 7.11 Å². The summed E-state index contributed by atoms with van der Waals surface area (Å²) in [6.07, 6.45) is 0.0942. The van der Waals surface area contributed by atoms with Crippen LogP contribution in [0.1, 0.15) is 20.3 Å². The third kappa shape index (κ3) is 5.09. The molecule has 2 N–H and O–H groups in total. The van der Waals surface area contributed by atoms with E-state index in [1.807, 2.05) is 0 Å². The maximum absolute atomic E-state index is 11.5. The summed E-state index contributed by atoms with van der Waals surface area (Å²) in [5, 5.41) is 11.2. The number of nitrogens with one attached hydrogen (secondary N) is 1. The first-order valence-electron chi connectivity index (χ1n) is 4.89. The second-order valence-corrected chi connectivity index (χ2v) is 3.97. The molecule has 6 nitrogen and oxygen atoms in total. The fourth-order valence-electron chi connectivity index (χ4n) is 1.03. The van der Waals surface area contributed by atoms with Crippen LogP contribution >= 0.6 is 0 Å². The minimum absolute atomic E-state index is 0.0942. The number of rotatable bonds is 6. The lowest BCUT2D eigenvalue weighted by Gasteiger charge is -2.23. The predicted molar refractivity (Wildman–Crippen MR) is 56.7 cm³/mol. The van der Waals surface area contributed by atoms with Crippen LogP contribution in [0.3, 0.4) is 0 Å². The Hall–Kier alpha value is -1.14. The molecule has 1 unspecified atom stereocenters. The average Bonchev–Trinajstić information content (AvgIpc) is 2.24. The highest BCUT2D eigenvalue weighted by atomic mass is 16.5. The van der Waals surface area contributed by atoms with Gasteiger partial charge in [-0.1, -0.05) is 0 Å². The zero-order valence-corrected chi connectivity index (χ0v) is 10.1. The number of amides is 1. The highest BCUT2D eigenvalue weighted by molar-refractivity contribution is 5.84. The second kappa shape index (κ2) is 6.44. The molecule has 0 aromatic rings. The highest BCUT2D eigenvalue weighted by Crippen LogP contribution is 2.12. The minimum atomic E-state index is -1.02. The van der Waals surface area contributed by atoms with Gasteiger partial charge in [-0.2, -0.15) is 0 Å². The largest absolute Gasteiger partial charge is 0.467 e. The Balaban J connectivity index is 4.27. The van der Waals surface area contributed by atoms with Crippen LogP contribution in [0.4, 0.5) is 0 Å². The van der Waals surface area contributed by atoms with E-state index in [9.17, 15) is 9.59 Å². The van der Waals surface area contributed by atoms with Crippen molar-refractivity contribution in [3.8, 4) is 0 Å². The van der Waals surface area contributed by atoms with E-state index in [0.29, 0.717) is 0 Å². The summed E-state index contributed by atoms with van der Waals surface area (Å²) >= 11 is 0. The summed E-state index contributed by atoms with van der Waals surface area (Å²) in [5.74, 6) is -1.05. The summed E-state index contributed by atoms with van der Waals surface area (Å²) in [5.41, 5.74) is -0.611. The number of methoxy groups -OCH3 is 2. The lowest BCUT2D eigenvalue weighted by atomic mass is 10.0. The van der Waals surface area contributed by atoms with Crippen LogP contribution in [-0.2, 0) is 19.1 Å². The van der Waals surface area contributed by atoms with E-state index in [2.05, 4.69) is 10.1 Å². The number of carbonyl (C=O) groups is 2. The van der Waals surface area contributed by atoms with Crippen molar-refractivity contribution in [1.82, 2.24) is 5.32 Å². The summed E-state index contributed by atoms with van der Waals surface area (Å²) in [7, 11) is 2.69. The molecule has 1 atom stereocenters. The van der Waals surface area contributed by atoms with Crippen LogP contribution in [0, 0.1) is 0 Å². The van der Waals surface area contributed by atoms with Crippen LogP contribution in [0.2, 0.25) is 0 Å². The van der Waals surface area contributed by atoms with Gasteiger partial charge >= 0.3 is 5.97 Å². The van der Waals surface area contributed by atoms with Gasteiger partial charge in [0.25, 0.3) is 0 Å². The molecule has 1 amide bonds. The molecule has 0 saturated heterocycles. The van der Waals surface area contributed by atoms with Crippen molar-refractivity contribution in [3.05, 3.63) is 0 Å². The molecule has 0 rings (SSSR count). The molecule has 94 valence electrons. The third-order valence-electron chi connectivity index (χ3n) is 2.14. The van der Waals surface area contributed by atoms with Gasteiger partial charge in [0.15, 0.2) is 6.04 Å². The molecule has 16 heavy (non-hydrogen) atoms. The molecule has 0 fully saturated rings. The Morgan fingerprint density at radius 3 is 2.31 bits per heavy atom. The van der Waals surface area contributed by atoms with Crippen molar-refractivity contribution in [2.75, 3.05) is 20.8 Å². The Bertz CT molecular complexity index is 252. The lowest BCUT2D eigenvalue weighted by molar-refractivity contribution is -0.146. The molecule has 0 saturated carbocycles. The van der Waals surface area contributed by atoms with Gasteiger partial charge in [0.05, 0.1) is 25.7 Å². The second-order valence-electron chi connectivity index (χ2n) is 3.97. The quantitative estimate of drug-likeness (QED) is 0.601. The van der Waals surface area contributed by atoms with Crippen LogP contribution in [0.15, 0.2) is 0 Å². The lowest BCUT2D eigenvalue weighted by Crippen LogP contribution is -2.46. The number of carbonyl (C=O) groups excluding carboxylic acids is 2. The molecule has 0 heterocycles. The van der Waals surface area contributed by atoms with Crippen LogP contribution in [-0.4, -0.2) is 49.5 Å². The zero-order valence-electron chi connectivity index (χ0n) is 10.1. The van der Waals surface area contributed by atoms with Crippen molar-refractivity contribution in [2.45, 2.75) is 31.9 Å². The van der Waals surface area contributed by atoms with Gasteiger partial charge in [-0.25, -0.2) is 4.79 Å². The first-order chi connectivity index (χ1) is 7.36. The normalized spacial score (nSPS) is 13.1. The van der Waals surface area contributed by atoms with E-state index in [-0.39, 0.29) is 12.3 Å². The van der Waals surface area contributed by atoms with Gasteiger partial charge < -0.3 is 19.9 Å². The van der Waals surface area contributed by atoms with E-state index < -0.39 is 24.2 Å². The molecule has 0 bridgehead atoms. The fraction of sp³-hybridized carbons (Fsp3) is 0.800. The van der Waals surface area contributed by atoms with Crippen LogP contribution < -0.4 is 5.32 Å². The maximum atomic E-state index is 11.5. The molecule has 0 spiro atoms. The van der Waals surface area contributed by atoms with E-state index in [1.54, 1.807) is 13.8 Å². The van der Waals surface area contributed by atoms with Gasteiger partial charge in [-0.15, -0.1) is 0 Å². The maximum Gasteiger partial charge on any atom is 0.330 e. The fourth-order valence-corrected chi connectivity index (χ4v) is 1.03. The van der Waals surface area contributed by atoms with Crippen LogP contribution in [0.25, 0.3) is 0 Å². The zero-order chi connectivity index (χ0) is 12.8. The van der Waals surface area contributed by atoms with E-state index in [4.69, 9.17) is 9.84 Å². The summed E-state index contributed by atoms with van der Waals surface area (Å²) in [6, 6.07) is -1.02. The topological polar surface area (TPSA) is 84.9 Å². The number of hydrogen-bond donors (Lipinski definition) is 2. The van der Waals surface area contributed by atoms with E-state index in [0.717, 1.165) is 0 Å². The van der Waals surface area contributed by atoms with Crippen molar-refractivity contribution < 1.29 is 24.2 Å². The van der Waals surface area contributed by atoms with Crippen molar-refractivity contribution in [2.24, 2.45) is 0 Å². The molecule has 0 aliphatic carbocycles. The van der Waals surface area contributed by atoms with Gasteiger partial charge in [0.2, 0.25) is 5.91 Å². The molecule has 0 aromatic carbocycles. The van der Waals surface area contributed by atoms with Gasteiger partial charge in [0.1, 0.15) is 0 Å². The molecular weight excluding hydrogens is 214 g/mol. The van der Waals surface area contributed by atoms with Crippen molar-refractivity contribution in [1.29, 1.82) is 0 Å². The molecule has 0 aliphatic heterocycles. The Morgan fingerprint density at radius 2 is 1.94 bits per heavy atom. The minimum Gasteiger partial charge on any atom is -0.467 e. The molecule has 6 heteroatoms. The molecular formula is C10H19NO5. The Morgan fingerprint density at radius 1 is 1.38 bits per heavy atom. The van der Waals surface area contributed by atoms with Crippen LogP contribution in [0.5, 0.6) is 0 Å². The standard InChI is InChI=1S/C10H19NO5/c1-10(2,16-4)5-8(13)11-7(6-12)9(14)15-3/h7,12H,5-6H2,1-4H3,(H,11,13). The first-order valence-corrected chi connectivity index (χ1v) is 4.89. The van der Waals surface area contributed by atoms with E-state index in [1.165, 1.54) is 14.2 Å². The van der Waals surface area contributed by atoms with Gasteiger partial charge in [-0.05, 0) is 13.8 Å². The first kappa shape index (κ1) is 14.9. The number of ether oxygens (including phenoxy) is 2. The molecule has 0 aromatic heterocycles. The predicted octanol–water partition coefficient (Wildman–Crippen LogP) is -0.548. The average molecular weight is 233 g/mol. The highest BCUT2D eigenvalue weighted by Gasteiger charge is 2.25. The Kier molecular flexibility index (Phi) is 5.98. The van der Waals surface area contributed by atoms with E-state index >= 15 is 0 Å². The number of hydrogen-bond acceptors (Lipinski definition) is 5. The third-order valence-corrected chi connectivity index (χ3v) is 2.14. The number of esters is 1. The monoisotopic (exact) mass is 233 g/mol. The number of aliphatic hydroxyl groups excluding tert-OH is 1. The molecule has 0 aliphatic rings. The summed E-state index contributed by atoms with van der Waals surface area (Å²) in [4.78, 5) is 22.6. The Labute approximate surface area is 94.9 Å². The smallest absolute Gasteiger partial charge is 0.330 e. The SMILES string of the molecule is COC(=O)C(CO)NC(=O)CC(C)(C)OC. The molecule has 0 radical (unpaired) electrons. The number of aliphatic hydroxyl groups is 1. The van der Waals surface area contributed by atoms with Crippen molar-refractivity contribution in [3.63, 3.8) is 0 Å².